The minimum atomic E-state index is -4.54. The molecule has 122 valence electrons. The Hall–Kier alpha value is -2.09. The molecule has 0 radical (unpaired) electrons. The lowest BCUT2D eigenvalue weighted by Gasteiger charge is -2.15. The molecule has 1 unspecified atom stereocenters. The van der Waals surface area contributed by atoms with Gasteiger partial charge < -0.3 is 15.7 Å². The van der Waals surface area contributed by atoms with Crippen molar-refractivity contribution in [1.82, 2.24) is 5.32 Å². The van der Waals surface area contributed by atoms with Crippen LogP contribution in [0.25, 0.3) is 0 Å². The van der Waals surface area contributed by atoms with E-state index in [1.165, 1.54) is 13.0 Å². The van der Waals surface area contributed by atoms with Crippen molar-refractivity contribution in [3.8, 4) is 0 Å². The molecule has 0 saturated heterocycles. The van der Waals surface area contributed by atoms with Gasteiger partial charge in [0.1, 0.15) is 0 Å². The van der Waals surface area contributed by atoms with Crippen LogP contribution in [0.1, 0.15) is 24.5 Å². The van der Waals surface area contributed by atoms with Crippen LogP contribution in [0, 0.1) is 6.92 Å². The number of aliphatic hydroxyl groups is 1. The van der Waals surface area contributed by atoms with Crippen LogP contribution in [-0.2, 0) is 15.8 Å². The van der Waals surface area contributed by atoms with Crippen molar-refractivity contribution < 1.29 is 27.9 Å². The molecule has 0 aliphatic heterocycles. The maximum atomic E-state index is 12.6. The van der Waals surface area contributed by atoms with Crippen molar-refractivity contribution in [2.45, 2.75) is 32.5 Å². The van der Waals surface area contributed by atoms with Gasteiger partial charge in [0, 0.05) is 5.69 Å². The van der Waals surface area contributed by atoms with E-state index in [1.54, 1.807) is 6.92 Å². The maximum Gasteiger partial charge on any atom is 0.416 e. The third kappa shape index (κ3) is 4.73. The largest absolute Gasteiger partial charge is 0.416 e. The van der Waals surface area contributed by atoms with Crippen LogP contribution in [-0.4, -0.2) is 29.6 Å². The highest BCUT2D eigenvalue weighted by atomic mass is 19.4. The number of alkyl halides is 3. The molecule has 0 bridgehead atoms. The lowest BCUT2D eigenvalue weighted by Crippen LogP contribution is -2.43. The molecule has 0 spiro atoms. The molecule has 0 saturated carbocycles. The second-order valence-electron chi connectivity index (χ2n) is 4.74. The van der Waals surface area contributed by atoms with E-state index >= 15 is 0 Å². The molecule has 8 heteroatoms. The summed E-state index contributed by atoms with van der Waals surface area (Å²) in [6.45, 7) is 2.88. The van der Waals surface area contributed by atoms with Crippen molar-refractivity contribution in [3.63, 3.8) is 0 Å². The average molecular weight is 318 g/mol. The molecule has 1 aromatic rings. The Morgan fingerprint density at radius 3 is 2.41 bits per heavy atom. The summed E-state index contributed by atoms with van der Waals surface area (Å²) >= 11 is 0. The van der Waals surface area contributed by atoms with Crippen molar-refractivity contribution in [2.24, 2.45) is 0 Å². The van der Waals surface area contributed by atoms with Gasteiger partial charge in [-0.2, -0.15) is 13.2 Å². The number of halogens is 3. The summed E-state index contributed by atoms with van der Waals surface area (Å²) in [7, 11) is 0. The van der Waals surface area contributed by atoms with Gasteiger partial charge in [0.15, 0.2) is 0 Å². The Morgan fingerprint density at radius 2 is 1.91 bits per heavy atom. The molecule has 22 heavy (non-hydrogen) atoms. The van der Waals surface area contributed by atoms with Crippen LogP contribution in [0.2, 0.25) is 0 Å². The van der Waals surface area contributed by atoms with Gasteiger partial charge in [-0.05, 0) is 31.0 Å². The minimum Gasteiger partial charge on any atom is -0.394 e. The quantitative estimate of drug-likeness (QED) is 0.741. The Bertz CT molecular complexity index is 555. The predicted octanol–water partition coefficient (Wildman–Crippen LogP) is 1.84. The number of aliphatic hydroxyl groups excluding tert-OH is 1. The lowest BCUT2D eigenvalue weighted by atomic mass is 10.1. The summed E-state index contributed by atoms with van der Waals surface area (Å²) < 4.78 is 37.9. The number of anilines is 1. The van der Waals surface area contributed by atoms with E-state index in [1.807, 2.05) is 0 Å². The van der Waals surface area contributed by atoms with E-state index in [-0.39, 0.29) is 12.3 Å². The first kappa shape index (κ1) is 18.0. The van der Waals surface area contributed by atoms with Gasteiger partial charge in [0.05, 0.1) is 18.2 Å². The summed E-state index contributed by atoms with van der Waals surface area (Å²) in [5, 5.41) is 13.4. The highest BCUT2D eigenvalue weighted by Crippen LogP contribution is 2.31. The first-order valence-electron chi connectivity index (χ1n) is 6.59. The van der Waals surface area contributed by atoms with Gasteiger partial charge in [0.25, 0.3) is 0 Å². The van der Waals surface area contributed by atoms with Crippen LogP contribution in [0.15, 0.2) is 18.2 Å². The maximum absolute atomic E-state index is 12.6. The Morgan fingerprint density at radius 1 is 1.27 bits per heavy atom. The molecule has 2 amide bonds. The minimum absolute atomic E-state index is 0.0907. The normalized spacial score (nSPS) is 12.6. The molecule has 0 heterocycles. The van der Waals surface area contributed by atoms with Crippen molar-refractivity contribution in [1.29, 1.82) is 0 Å². The summed E-state index contributed by atoms with van der Waals surface area (Å²) in [4.78, 5) is 23.3. The Kier molecular flexibility index (Phi) is 5.92. The zero-order chi connectivity index (χ0) is 16.9. The second-order valence-corrected chi connectivity index (χ2v) is 4.74. The zero-order valence-electron chi connectivity index (χ0n) is 12.1. The number of hydrogen-bond acceptors (Lipinski definition) is 3. The number of benzene rings is 1. The SMILES string of the molecule is CCC(CO)NC(=O)C(=O)Nc1cc(C(F)(F)F)ccc1C. The van der Waals surface area contributed by atoms with Crippen LogP contribution in [0.4, 0.5) is 18.9 Å². The summed E-state index contributed by atoms with van der Waals surface area (Å²) in [6, 6.07) is 2.29. The van der Waals surface area contributed by atoms with Crippen LogP contribution in [0.3, 0.4) is 0 Å². The molecule has 5 nitrogen and oxygen atoms in total. The first-order valence-corrected chi connectivity index (χ1v) is 6.59. The number of carbonyl (C=O) groups is 2. The summed E-state index contributed by atoms with van der Waals surface area (Å²) in [5.74, 6) is -2.10. The second kappa shape index (κ2) is 7.26. The molecular weight excluding hydrogens is 301 g/mol. The number of carbonyl (C=O) groups excluding carboxylic acids is 2. The van der Waals surface area contributed by atoms with Gasteiger partial charge in [-0.3, -0.25) is 9.59 Å². The van der Waals surface area contributed by atoms with Gasteiger partial charge in [-0.15, -0.1) is 0 Å². The lowest BCUT2D eigenvalue weighted by molar-refractivity contribution is -0.137. The molecule has 1 rings (SSSR count). The van der Waals surface area contributed by atoms with Crippen molar-refractivity contribution in [2.75, 3.05) is 11.9 Å². The van der Waals surface area contributed by atoms with Gasteiger partial charge in [0.2, 0.25) is 0 Å². The van der Waals surface area contributed by atoms with Crippen LogP contribution >= 0.6 is 0 Å². The van der Waals surface area contributed by atoms with E-state index in [4.69, 9.17) is 5.11 Å². The van der Waals surface area contributed by atoms with Crippen LogP contribution in [0.5, 0.6) is 0 Å². The molecule has 0 fully saturated rings. The van der Waals surface area contributed by atoms with E-state index in [9.17, 15) is 22.8 Å². The third-order valence-electron chi connectivity index (χ3n) is 3.07. The standard InChI is InChI=1S/C14H17F3N2O3/c1-3-10(7-20)18-12(21)13(22)19-11-6-9(14(15,16)17)5-4-8(11)2/h4-6,10,20H,3,7H2,1-2H3,(H,18,21)(H,19,22). The monoisotopic (exact) mass is 318 g/mol. The molecule has 1 atom stereocenters. The van der Waals surface area contributed by atoms with Gasteiger partial charge in [-0.25, -0.2) is 0 Å². The van der Waals surface area contributed by atoms with Gasteiger partial charge >= 0.3 is 18.0 Å². The fraction of sp³-hybridized carbons (Fsp3) is 0.429. The first-order chi connectivity index (χ1) is 10.2. The fourth-order valence-corrected chi connectivity index (χ4v) is 1.64. The summed E-state index contributed by atoms with van der Waals surface area (Å²) in [5.41, 5.74) is -0.619. The fourth-order valence-electron chi connectivity index (χ4n) is 1.64. The van der Waals surface area contributed by atoms with Crippen LogP contribution < -0.4 is 10.6 Å². The average Bonchev–Trinajstić information content (AvgIpc) is 2.45. The summed E-state index contributed by atoms with van der Waals surface area (Å²) in [6.07, 6.45) is -4.13. The van der Waals surface area contributed by atoms with E-state index in [2.05, 4.69) is 10.6 Å². The highest BCUT2D eigenvalue weighted by Gasteiger charge is 2.31. The smallest absolute Gasteiger partial charge is 0.394 e. The molecular formula is C14H17F3N2O3. The molecule has 0 aliphatic carbocycles. The Labute approximate surface area is 125 Å². The van der Waals surface area contributed by atoms with Crippen molar-refractivity contribution >= 4 is 17.5 Å². The third-order valence-corrected chi connectivity index (χ3v) is 3.07. The predicted molar refractivity (Wildman–Crippen MR) is 74.1 cm³/mol. The molecule has 0 aromatic heterocycles. The number of amides is 2. The topological polar surface area (TPSA) is 78.4 Å². The van der Waals surface area contributed by atoms with Gasteiger partial charge in [-0.1, -0.05) is 13.0 Å². The number of rotatable bonds is 4. The van der Waals surface area contributed by atoms with E-state index in [0.717, 1.165) is 12.1 Å². The molecule has 3 N–H and O–H groups in total. The van der Waals surface area contributed by atoms with E-state index < -0.39 is 29.6 Å². The number of nitrogens with one attached hydrogen (secondary N) is 2. The Balaban J connectivity index is 2.86. The molecule has 1 aromatic carbocycles. The zero-order valence-corrected chi connectivity index (χ0v) is 12.1. The number of hydrogen-bond donors (Lipinski definition) is 3. The van der Waals surface area contributed by atoms with Crippen molar-refractivity contribution in [3.05, 3.63) is 29.3 Å². The molecule has 0 aliphatic rings. The number of aryl methyl sites for hydroxylation is 1. The highest BCUT2D eigenvalue weighted by molar-refractivity contribution is 6.39. The van der Waals surface area contributed by atoms with E-state index in [0.29, 0.717) is 12.0 Å².